The van der Waals surface area contributed by atoms with Crippen molar-refractivity contribution in [1.29, 1.82) is 0 Å². The maximum Gasteiger partial charge on any atom is 0.0477 e. The van der Waals surface area contributed by atoms with Gasteiger partial charge in [-0.25, -0.2) is 5.57 Å². The van der Waals surface area contributed by atoms with Crippen molar-refractivity contribution in [2.45, 2.75) is 85.6 Å². The van der Waals surface area contributed by atoms with Crippen LogP contribution in [0.25, 0.3) is 16.9 Å². The molecule has 1 radical (unpaired) electrons. The number of benzene rings is 3. The molecule has 3 heteroatoms. The van der Waals surface area contributed by atoms with E-state index in [4.69, 9.17) is 5.73 Å². The molecule has 5 aliphatic rings. The van der Waals surface area contributed by atoms with Gasteiger partial charge in [-0.3, -0.25) is 6.08 Å². The molecule has 8 rings (SSSR count). The minimum Gasteiger partial charge on any atom is -0.672 e. The summed E-state index contributed by atoms with van der Waals surface area (Å²) in [6.07, 6.45) is 11.2. The second kappa shape index (κ2) is 16.0. The fraction of sp³-hybridized carbons (Fsp3) is 0.425. The Morgan fingerprint density at radius 1 is 0.698 bits per heavy atom. The van der Waals surface area contributed by atoms with Gasteiger partial charge >= 0.3 is 0 Å². The van der Waals surface area contributed by atoms with E-state index in [1.165, 1.54) is 71.6 Å². The Bertz CT molecular complexity index is 1240. The molecule has 0 spiro atoms. The average Bonchev–Trinajstić information content (AvgIpc) is 3.13. The van der Waals surface area contributed by atoms with E-state index in [0.717, 1.165) is 5.92 Å². The second-order valence-corrected chi connectivity index (χ2v) is 14.7. The molecule has 1 nitrogen and oxygen atoms in total. The topological polar surface area (TPSA) is 23.8 Å². The molecule has 0 aliphatic heterocycles. The van der Waals surface area contributed by atoms with Gasteiger partial charge in [0.1, 0.15) is 0 Å². The van der Waals surface area contributed by atoms with Crippen molar-refractivity contribution in [3.8, 4) is 11.1 Å². The largest absolute Gasteiger partial charge is 0.672 e. The Morgan fingerprint density at radius 3 is 1.37 bits per heavy atom. The SMILES string of the molecule is CC12CC3CC(C)(C1)CC([NH-])(C3)C2.CC1=[C-]C(C)C(C)=C1C.[CH3-].[Hf].[SiH2]c1ccccc1.c1ccc(-c2ccccc2)cc1. The summed E-state index contributed by atoms with van der Waals surface area (Å²) in [5, 5.41) is 1.35. The molecule has 229 valence electrons. The van der Waals surface area contributed by atoms with Crippen molar-refractivity contribution >= 4 is 15.4 Å². The van der Waals surface area contributed by atoms with Gasteiger partial charge in [0.15, 0.2) is 0 Å². The van der Waals surface area contributed by atoms with E-state index >= 15 is 0 Å². The molecule has 0 saturated heterocycles. The zero-order valence-corrected chi connectivity index (χ0v) is 32.8. The van der Waals surface area contributed by atoms with Crippen LogP contribution in [0.4, 0.5) is 0 Å². The number of nitrogens with one attached hydrogen (secondary N) is 1. The van der Waals surface area contributed by atoms with Gasteiger partial charge in [-0.15, -0.1) is 12.5 Å². The van der Waals surface area contributed by atoms with Gasteiger partial charge in [-0.2, -0.15) is 11.1 Å². The van der Waals surface area contributed by atoms with E-state index in [0.29, 0.717) is 16.7 Å². The van der Waals surface area contributed by atoms with Crippen molar-refractivity contribution in [3.63, 3.8) is 0 Å². The van der Waals surface area contributed by atoms with Gasteiger partial charge in [0.05, 0.1) is 0 Å². The molecule has 4 bridgehead atoms. The van der Waals surface area contributed by atoms with Gasteiger partial charge in [-0.05, 0) is 47.1 Å². The standard InChI is InChI=1S/C12H20N.C12H10.C9H13.C6H7Si.CH3.Hf/c1-10-3-9-4-11(2,6-10)8-12(13,5-9)7-10;1-3-7-11(8-4-1)12-9-5-2-6-10-12;1-6-5-7(2)9(4)8(6)3;7-6-4-2-1-3-5-6;;/h9,13H,3-8H2,1-2H3;1-10H;6H,1-4H3;1-5H,7H2;1H3;/q-1;;-1;;-1;. The van der Waals surface area contributed by atoms with Gasteiger partial charge in [-0.1, -0.05) is 156 Å². The minimum absolute atomic E-state index is 0. The van der Waals surface area contributed by atoms with Gasteiger partial charge in [0.25, 0.3) is 0 Å². The summed E-state index contributed by atoms with van der Waals surface area (Å²) >= 11 is 0. The summed E-state index contributed by atoms with van der Waals surface area (Å²) in [6, 6.07) is 31.1. The number of hydrogen-bond donors (Lipinski definition) is 0. The van der Waals surface area contributed by atoms with Crippen molar-refractivity contribution < 1.29 is 25.8 Å². The molecule has 4 saturated carbocycles. The Labute approximate surface area is 286 Å². The van der Waals surface area contributed by atoms with Crippen LogP contribution in [-0.2, 0) is 25.8 Å². The van der Waals surface area contributed by atoms with Gasteiger partial charge < -0.3 is 13.2 Å². The first-order chi connectivity index (χ1) is 19.4. The van der Waals surface area contributed by atoms with Crippen molar-refractivity contribution in [3.05, 3.63) is 127 Å². The molecule has 43 heavy (non-hydrogen) atoms. The zero-order valence-electron chi connectivity index (χ0n) is 27.8. The van der Waals surface area contributed by atoms with E-state index in [2.05, 4.69) is 108 Å². The third-order valence-electron chi connectivity index (χ3n) is 9.59. The monoisotopic (exact) mass is 755 g/mol. The van der Waals surface area contributed by atoms with Crippen molar-refractivity contribution in [2.24, 2.45) is 22.7 Å². The summed E-state index contributed by atoms with van der Waals surface area (Å²) < 4.78 is 0. The van der Waals surface area contributed by atoms with E-state index in [1.807, 2.05) is 40.6 Å². The third-order valence-corrected chi connectivity index (χ3v) is 10.1. The minimum atomic E-state index is -0.0249. The summed E-state index contributed by atoms with van der Waals surface area (Å²) in [6.45, 7) is 13.5. The molecule has 4 fully saturated rings. The second-order valence-electron chi connectivity index (χ2n) is 13.9. The first-order valence-electron chi connectivity index (χ1n) is 15.4. The van der Waals surface area contributed by atoms with Gasteiger partial charge in [0, 0.05) is 36.1 Å². The van der Waals surface area contributed by atoms with Crippen LogP contribution in [0, 0.1) is 36.2 Å². The molecule has 0 heterocycles. The van der Waals surface area contributed by atoms with Crippen molar-refractivity contribution in [2.75, 3.05) is 0 Å². The Morgan fingerprint density at radius 2 is 1.12 bits per heavy atom. The van der Waals surface area contributed by atoms with Gasteiger partial charge in [0.2, 0.25) is 0 Å². The van der Waals surface area contributed by atoms with Crippen LogP contribution in [0.1, 0.15) is 80.1 Å². The fourth-order valence-corrected chi connectivity index (χ4v) is 8.62. The average molecular weight is 754 g/mol. The van der Waals surface area contributed by atoms with Crippen LogP contribution in [0.2, 0.25) is 0 Å². The van der Waals surface area contributed by atoms with Crippen LogP contribution >= 0.6 is 0 Å². The maximum atomic E-state index is 8.46. The third kappa shape index (κ3) is 10.4. The van der Waals surface area contributed by atoms with E-state index in [9.17, 15) is 0 Å². The summed E-state index contributed by atoms with van der Waals surface area (Å²) in [5.41, 5.74) is 16.3. The molecule has 5 aliphatic carbocycles. The van der Waals surface area contributed by atoms with Crippen LogP contribution in [0.15, 0.2) is 108 Å². The normalized spacial score (nSPS) is 29.3. The number of allylic oxidation sites excluding steroid dienone is 4. The van der Waals surface area contributed by atoms with E-state index in [1.54, 1.807) is 0 Å². The fourth-order valence-electron chi connectivity index (χ4n) is 8.35. The molecule has 0 amide bonds. The predicted molar refractivity (Wildman–Crippen MR) is 187 cm³/mol. The Hall–Kier alpha value is -1.81. The van der Waals surface area contributed by atoms with Crippen LogP contribution in [0.5, 0.6) is 0 Å². The number of hydrogen-bond acceptors (Lipinski definition) is 0. The van der Waals surface area contributed by atoms with Crippen LogP contribution < -0.4 is 5.19 Å². The summed E-state index contributed by atoms with van der Waals surface area (Å²) in [4.78, 5) is 0. The predicted octanol–water partition coefficient (Wildman–Crippen LogP) is 10.3. The molecule has 3 unspecified atom stereocenters. The molecular formula is C40H53HfNSi-3. The maximum absolute atomic E-state index is 8.46. The molecule has 0 aromatic heterocycles. The molecule has 3 atom stereocenters. The molecule has 3 aromatic rings. The Balaban J connectivity index is 0.000000202. The molecular weight excluding hydrogens is 701 g/mol. The first-order valence-corrected chi connectivity index (χ1v) is 16.1. The Kier molecular flexibility index (Phi) is 13.9. The molecule has 3 aromatic carbocycles. The summed E-state index contributed by atoms with van der Waals surface area (Å²) in [5.74, 6) is 1.45. The van der Waals surface area contributed by atoms with E-state index in [-0.39, 0.29) is 38.8 Å². The first kappa shape index (κ1) is 37.4. The van der Waals surface area contributed by atoms with Crippen molar-refractivity contribution in [1.82, 2.24) is 0 Å². The number of rotatable bonds is 1. The van der Waals surface area contributed by atoms with E-state index < -0.39 is 0 Å². The summed E-state index contributed by atoms with van der Waals surface area (Å²) in [7, 11) is 1.90. The molecule has 1 N–H and O–H groups in total. The van der Waals surface area contributed by atoms with Crippen LogP contribution in [0.3, 0.4) is 0 Å². The van der Waals surface area contributed by atoms with Crippen LogP contribution in [-0.4, -0.2) is 15.8 Å². The smallest absolute Gasteiger partial charge is 0.0477 e. The zero-order chi connectivity index (χ0) is 29.7. The quantitative estimate of drug-likeness (QED) is 0.175.